The Morgan fingerprint density at radius 1 is 0.933 bits per heavy atom. The number of nitrogens with one attached hydrogen (secondary N) is 1. The first-order chi connectivity index (χ1) is 14.4. The standard InChI is InChI=1S/C22H18N2O6/c1-14-17(7-5-8-19(14)24(27)28)22(26)30-16-12-10-15(11-13-16)23-21(25)18-6-3-4-9-20(18)29-2/h3-13H,1-2H3,(H,23,25). The summed E-state index contributed by atoms with van der Waals surface area (Å²) in [5, 5.41) is 13.8. The van der Waals surface area contributed by atoms with Crippen LogP contribution in [0.5, 0.6) is 11.5 Å². The Bertz CT molecular complexity index is 1110. The molecule has 0 saturated carbocycles. The van der Waals surface area contributed by atoms with Crippen LogP contribution in [0.25, 0.3) is 0 Å². The Balaban J connectivity index is 1.71. The minimum absolute atomic E-state index is 0.109. The van der Waals surface area contributed by atoms with Crippen LogP contribution in [0.4, 0.5) is 11.4 Å². The normalized spacial score (nSPS) is 10.2. The highest BCUT2D eigenvalue weighted by molar-refractivity contribution is 6.06. The molecular weight excluding hydrogens is 388 g/mol. The summed E-state index contributed by atoms with van der Waals surface area (Å²) in [6, 6.07) is 17.2. The summed E-state index contributed by atoms with van der Waals surface area (Å²) in [5.41, 5.74) is 1.07. The molecule has 0 spiro atoms. The molecule has 0 aromatic heterocycles. The third-order valence-electron chi connectivity index (χ3n) is 4.40. The van der Waals surface area contributed by atoms with Crippen LogP contribution < -0.4 is 14.8 Å². The maximum absolute atomic E-state index is 12.4. The number of hydrogen-bond acceptors (Lipinski definition) is 6. The van der Waals surface area contributed by atoms with Crippen molar-refractivity contribution < 1.29 is 24.0 Å². The largest absolute Gasteiger partial charge is 0.496 e. The number of nitro benzene ring substituents is 1. The van der Waals surface area contributed by atoms with Gasteiger partial charge in [0.25, 0.3) is 11.6 Å². The van der Waals surface area contributed by atoms with E-state index >= 15 is 0 Å². The number of amides is 1. The second-order valence-electron chi connectivity index (χ2n) is 6.28. The van der Waals surface area contributed by atoms with Crippen molar-refractivity contribution >= 4 is 23.3 Å². The molecule has 3 aromatic rings. The first-order valence-electron chi connectivity index (χ1n) is 8.91. The molecule has 0 radical (unpaired) electrons. The molecule has 0 saturated heterocycles. The highest BCUT2D eigenvalue weighted by Gasteiger charge is 2.19. The van der Waals surface area contributed by atoms with E-state index in [4.69, 9.17) is 9.47 Å². The lowest BCUT2D eigenvalue weighted by Gasteiger charge is -2.10. The van der Waals surface area contributed by atoms with Gasteiger partial charge < -0.3 is 14.8 Å². The molecule has 1 amide bonds. The molecule has 3 aromatic carbocycles. The maximum Gasteiger partial charge on any atom is 0.344 e. The number of carbonyl (C=O) groups is 2. The van der Waals surface area contributed by atoms with Gasteiger partial charge in [-0.15, -0.1) is 0 Å². The van der Waals surface area contributed by atoms with E-state index in [1.54, 1.807) is 36.4 Å². The highest BCUT2D eigenvalue weighted by Crippen LogP contribution is 2.24. The maximum atomic E-state index is 12.4. The van der Waals surface area contributed by atoms with E-state index < -0.39 is 10.9 Å². The lowest BCUT2D eigenvalue weighted by atomic mass is 10.1. The molecule has 0 aliphatic carbocycles. The predicted molar refractivity (Wildman–Crippen MR) is 110 cm³/mol. The van der Waals surface area contributed by atoms with Crippen molar-refractivity contribution in [2.24, 2.45) is 0 Å². The van der Waals surface area contributed by atoms with E-state index in [0.717, 1.165) is 0 Å². The molecule has 8 heteroatoms. The van der Waals surface area contributed by atoms with Gasteiger partial charge in [0.1, 0.15) is 11.5 Å². The Hall–Kier alpha value is -4.20. The van der Waals surface area contributed by atoms with Gasteiger partial charge in [0.2, 0.25) is 0 Å². The van der Waals surface area contributed by atoms with Crippen molar-refractivity contribution in [3.8, 4) is 11.5 Å². The Labute approximate surface area is 172 Å². The summed E-state index contributed by atoms with van der Waals surface area (Å²) in [6.45, 7) is 1.49. The number of hydrogen-bond donors (Lipinski definition) is 1. The molecule has 30 heavy (non-hydrogen) atoms. The fourth-order valence-corrected chi connectivity index (χ4v) is 2.84. The highest BCUT2D eigenvalue weighted by atomic mass is 16.6. The topological polar surface area (TPSA) is 108 Å². The molecule has 0 bridgehead atoms. The minimum atomic E-state index is -0.706. The minimum Gasteiger partial charge on any atom is -0.496 e. The van der Waals surface area contributed by atoms with Gasteiger partial charge in [-0.2, -0.15) is 0 Å². The van der Waals surface area contributed by atoms with Gasteiger partial charge >= 0.3 is 5.97 Å². The molecule has 3 rings (SSSR count). The van der Waals surface area contributed by atoms with Crippen molar-refractivity contribution in [3.05, 3.63) is 93.5 Å². The van der Waals surface area contributed by atoms with Crippen LogP contribution in [0.15, 0.2) is 66.7 Å². The Morgan fingerprint density at radius 2 is 1.60 bits per heavy atom. The number of para-hydroxylation sites is 1. The van der Waals surface area contributed by atoms with E-state index in [1.165, 1.54) is 44.4 Å². The SMILES string of the molecule is COc1ccccc1C(=O)Nc1ccc(OC(=O)c2cccc([N+](=O)[O-])c2C)cc1. The van der Waals surface area contributed by atoms with E-state index in [1.807, 2.05) is 0 Å². The quantitative estimate of drug-likeness (QED) is 0.282. The van der Waals surface area contributed by atoms with Crippen molar-refractivity contribution in [1.29, 1.82) is 0 Å². The Morgan fingerprint density at radius 3 is 2.27 bits per heavy atom. The van der Waals surface area contributed by atoms with Gasteiger partial charge in [-0.1, -0.05) is 18.2 Å². The molecule has 0 aliphatic heterocycles. The van der Waals surface area contributed by atoms with Gasteiger partial charge in [-0.05, 0) is 49.4 Å². The summed E-state index contributed by atoms with van der Waals surface area (Å²) >= 11 is 0. The van der Waals surface area contributed by atoms with Crippen LogP contribution in [0.3, 0.4) is 0 Å². The zero-order valence-corrected chi connectivity index (χ0v) is 16.2. The average molecular weight is 406 g/mol. The Kier molecular flexibility index (Phi) is 6.07. The predicted octanol–water partition coefficient (Wildman–Crippen LogP) is 4.38. The molecule has 152 valence electrons. The van der Waals surface area contributed by atoms with E-state index in [-0.39, 0.29) is 28.5 Å². The van der Waals surface area contributed by atoms with Crippen LogP contribution in [0.1, 0.15) is 26.3 Å². The fourth-order valence-electron chi connectivity index (χ4n) is 2.84. The molecule has 0 aliphatic rings. The van der Waals surface area contributed by atoms with Gasteiger partial charge in [-0.3, -0.25) is 14.9 Å². The number of rotatable bonds is 6. The zero-order chi connectivity index (χ0) is 21.7. The van der Waals surface area contributed by atoms with Crippen LogP contribution in [-0.2, 0) is 0 Å². The number of ether oxygens (including phenoxy) is 2. The summed E-state index contributed by atoms with van der Waals surface area (Å²) in [4.78, 5) is 35.3. The van der Waals surface area contributed by atoms with Gasteiger partial charge in [0.15, 0.2) is 0 Å². The number of benzene rings is 3. The zero-order valence-electron chi connectivity index (χ0n) is 16.2. The van der Waals surface area contributed by atoms with Gasteiger partial charge in [0, 0.05) is 17.3 Å². The monoisotopic (exact) mass is 406 g/mol. The number of carbonyl (C=O) groups excluding carboxylic acids is 2. The summed E-state index contributed by atoms with van der Waals surface area (Å²) in [7, 11) is 1.48. The smallest absolute Gasteiger partial charge is 0.344 e. The van der Waals surface area contributed by atoms with Crippen molar-refractivity contribution in [2.75, 3.05) is 12.4 Å². The summed E-state index contributed by atoms with van der Waals surface area (Å²) in [6.07, 6.45) is 0. The fraction of sp³-hybridized carbons (Fsp3) is 0.0909. The molecule has 1 N–H and O–H groups in total. The summed E-state index contributed by atoms with van der Waals surface area (Å²) < 4.78 is 10.5. The van der Waals surface area contributed by atoms with Crippen LogP contribution >= 0.6 is 0 Å². The number of methoxy groups -OCH3 is 1. The van der Waals surface area contributed by atoms with Crippen LogP contribution in [-0.4, -0.2) is 23.9 Å². The van der Waals surface area contributed by atoms with Crippen molar-refractivity contribution in [2.45, 2.75) is 6.92 Å². The second-order valence-corrected chi connectivity index (χ2v) is 6.28. The third kappa shape index (κ3) is 4.44. The summed E-state index contributed by atoms with van der Waals surface area (Å²) in [5.74, 6) is -0.361. The molecule has 0 atom stereocenters. The van der Waals surface area contributed by atoms with Crippen LogP contribution in [0, 0.1) is 17.0 Å². The number of nitro groups is 1. The van der Waals surface area contributed by atoms with Crippen LogP contribution in [0.2, 0.25) is 0 Å². The van der Waals surface area contributed by atoms with E-state index in [9.17, 15) is 19.7 Å². The van der Waals surface area contributed by atoms with Crippen molar-refractivity contribution in [3.63, 3.8) is 0 Å². The van der Waals surface area contributed by atoms with E-state index in [2.05, 4.69) is 5.32 Å². The molecule has 0 heterocycles. The van der Waals surface area contributed by atoms with Crippen molar-refractivity contribution in [1.82, 2.24) is 0 Å². The third-order valence-corrected chi connectivity index (χ3v) is 4.40. The molecule has 8 nitrogen and oxygen atoms in total. The molecular formula is C22H18N2O6. The lowest BCUT2D eigenvalue weighted by molar-refractivity contribution is -0.385. The molecule has 0 unspecified atom stereocenters. The first-order valence-corrected chi connectivity index (χ1v) is 8.91. The first kappa shape index (κ1) is 20.5. The number of esters is 1. The average Bonchev–Trinajstić information content (AvgIpc) is 2.74. The second kappa shape index (κ2) is 8.87. The number of nitrogens with zero attached hydrogens (tertiary/aromatic N) is 1. The van der Waals surface area contributed by atoms with Gasteiger partial charge in [-0.25, -0.2) is 4.79 Å². The van der Waals surface area contributed by atoms with E-state index in [0.29, 0.717) is 17.0 Å². The number of anilines is 1. The lowest BCUT2D eigenvalue weighted by Crippen LogP contribution is -2.13. The molecule has 0 fully saturated rings. The van der Waals surface area contributed by atoms with Gasteiger partial charge in [0.05, 0.1) is 23.2 Å².